The summed E-state index contributed by atoms with van der Waals surface area (Å²) in [4.78, 5) is 3.93. The number of halogens is 1. The third kappa shape index (κ3) is 3.22. The van der Waals surface area contributed by atoms with E-state index in [0.29, 0.717) is 11.6 Å². The molecule has 4 heteroatoms. The molecule has 3 nitrogen and oxygen atoms in total. The van der Waals surface area contributed by atoms with Crippen molar-refractivity contribution in [3.05, 3.63) is 58.9 Å². The largest absolute Gasteiger partial charge is 0.389 e. The van der Waals surface area contributed by atoms with Crippen molar-refractivity contribution in [1.82, 2.24) is 4.98 Å². The van der Waals surface area contributed by atoms with E-state index in [0.717, 1.165) is 16.8 Å². The second-order valence-electron chi connectivity index (χ2n) is 4.13. The first-order valence-electron chi connectivity index (χ1n) is 5.77. The molecule has 0 aliphatic rings. The van der Waals surface area contributed by atoms with Gasteiger partial charge in [0.05, 0.1) is 16.8 Å². The standard InChI is InChI=1S/C14H15ClN2O/c1-10(18)12-4-2-11(3-5-12)8-17-14-6-7-16-9-13(14)15/h2-7,9-10,18H,8H2,1H3,(H,16,17). The van der Waals surface area contributed by atoms with E-state index in [1.807, 2.05) is 30.3 Å². The highest BCUT2D eigenvalue weighted by atomic mass is 35.5. The van der Waals surface area contributed by atoms with E-state index in [4.69, 9.17) is 11.6 Å². The van der Waals surface area contributed by atoms with E-state index < -0.39 is 6.10 Å². The number of benzene rings is 1. The van der Waals surface area contributed by atoms with E-state index in [1.54, 1.807) is 19.3 Å². The molecule has 2 N–H and O–H groups in total. The molecule has 1 aromatic heterocycles. The van der Waals surface area contributed by atoms with E-state index in [9.17, 15) is 5.11 Å². The smallest absolute Gasteiger partial charge is 0.0820 e. The average Bonchev–Trinajstić information content (AvgIpc) is 2.38. The molecule has 0 amide bonds. The molecular formula is C14H15ClN2O. The van der Waals surface area contributed by atoms with Crippen LogP contribution in [0.1, 0.15) is 24.2 Å². The van der Waals surface area contributed by atoms with Gasteiger partial charge >= 0.3 is 0 Å². The predicted molar refractivity (Wildman–Crippen MR) is 73.6 cm³/mol. The number of anilines is 1. The third-order valence-corrected chi connectivity index (χ3v) is 3.02. The van der Waals surface area contributed by atoms with Gasteiger partial charge in [0.1, 0.15) is 0 Å². The minimum Gasteiger partial charge on any atom is -0.389 e. The number of aliphatic hydroxyl groups is 1. The summed E-state index contributed by atoms with van der Waals surface area (Å²) < 4.78 is 0. The highest BCUT2D eigenvalue weighted by Gasteiger charge is 2.01. The van der Waals surface area contributed by atoms with Crippen molar-refractivity contribution >= 4 is 17.3 Å². The average molecular weight is 263 g/mol. The van der Waals surface area contributed by atoms with Crippen molar-refractivity contribution in [3.8, 4) is 0 Å². The quantitative estimate of drug-likeness (QED) is 0.888. The van der Waals surface area contributed by atoms with Crippen LogP contribution in [-0.2, 0) is 6.54 Å². The lowest BCUT2D eigenvalue weighted by molar-refractivity contribution is 0.199. The summed E-state index contributed by atoms with van der Waals surface area (Å²) in [6, 6.07) is 9.67. The van der Waals surface area contributed by atoms with Gasteiger partial charge in [0.15, 0.2) is 0 Å². The van der Waals surface area contributed by atoms with Crippen molar-refractivity contribution in [2.75, 3.05) is 5.32 Å². The summed E-state index contributed by atoms with van der Waals surface area (Å²) in [6.07, 6.45) is 2.88. The number of hydrogen-bond acceptors (Lipinski definition) is 3. The molecule has 1 atom stereocenters. The minimum atomic E-state index is -0.429. The number of nitrogens with zero attached hydrogens (tertiary/aromatic N) is 1. The van der Waals surface area contributed by atoms with Gasteiger partial charge in [-0.25, -0.2) is 0 Å². The fourth-order valence-corrected chi connectivity index (χ4v) is 1.82. The summed E-state index contributed by atoms with van der Waals surface area (Å²) in [7, 11) is 0. The number of aliphatic hydroxyl groups excluding tert-OH is 1. The van der Waals surface area contributed by atoms with Crippen molar-refractivity contribution in [1.29, 1.82) is 0 Å². The normalized spacial score (nSPS) is 12.2. The minimum absolute atomic E-state index is 0.429. The zero-order chi connectivity index (χ0) is 13.0. The van der Waals surface area contributed by atoms with Crippen molar-refractivity contribution in [3.63, 3.8) is 0 Å². The first-order valence-corrected chi connectivity index (χ1v) is 6.15. The zero-order valence-corrected chi connectivity index (χ0v) is 10.9. The van der Waals surface area contributed by atoms with Crippen LogP contribution in [0.3, 0.4) is 0 Å². The summed E-state index contributed by atoms with van der Waals surface area (Å²) in [6.45, 7) is 2.44. The lowest BCUT2D eigenvalue weighted by Gasteiger charge is -2.09. The summed E-state index contributed by atoms with van der Waals surface area (Å²) >= 11 is 6.00. The van der Waals surface area contributed by atoms with Gasteiger partial charge in [-0.3, -0.25) is 4.98 Å². The van der Waals surface area contributed by atoms with E-state index in [-0.39, 0.29) is 0 Å². The first-order chi connectivity index (χ1) is 8.66. The summed E-state index contributed by atoms with van der Waals surface area (Å²) in [5.74, 6) is 0. The molecule has 0 aliphatic heterocycles. The highest BCUT2D eigenvalue weighted by Crippen LogP contribution is 2.20. The maximum atomic E-state index is 9.42. The molecule has 0 radical (unpaired) electrons. The number of aromatic nitrogens is 1. The van der Waals surface area contributed by atoms with Crippen LogP contribution < -0.4 is 5.32 Å². The number of pyridine rings is 1. The van der Waals surface area contributed by atoms with Crippen LogP contribution in [0.25, 0.3) is 0 Å². The molecular weight excluding hydrogens is 248 g/mol. The topological polar surface area (TPSA) is 45.1 Å². The SMILES string of the molecule is CC(O)c1ccc(CNc2ccncc2Cl)cc1. The Balaban J connectivity index is 2.00. The molecule has 18 heavy (non-hydrogen) atoms. The van der Waals surface area contributed by atoms with Gasteiger partial charge in [-0.1, -0.05) is 35.9 Å². The Bertz CT molecular complexity index is 511. The summed E-state index contributed by atoms with van der Waals surface area (Å²) in [5.41, 5.74) is 2.92. The monoisotopic (exact) mass is 262 g/mol. The van der Waals surface area contributed by atoms with Crippen molar-refractivity contribution in [2.24, 2.45) is 0 Å². The Hall–Kier alpha value is -1.58. The van der Waals surface area contributed by atoms with Crippen molar-refractivity contribution < 1.29 is 5.11 Å². The van der Waals surface area contributed by atoms with Gasteiger partial charge in [0.2, 0.25) is 0 Å². The molecule has 1 aromatic carbocycles. The zero-order valence-electron chi connectivity index (χ0n) is 10.1. The second-order valence-corrected chi connectivity index (χ2v) is 4.53. The van der Waals surface area contributed by atoms with E-state index >= 15 is 0 Å². The number of rotatable bonds is 4. The number of hydrogen-bond donors (Lipinski definition) is 2. The second kappa shape index (κ2) is 5.85. The van der Waals surface area contributed by atoms with Gasteiger partial charge < -0.3 is 10.4 Å². The van der Waals surface area contributed by atoms with E-state index in [1.165, 1.54) is 0 Å². The Morgan fingerprint density at radius 2 is 2.00 bits per heavy atom. The molecule has 0 bridgehead atoms. The number of nitrogens with one attached hydrogen (secondary N) is 1. The Morgan fingerprint density at radius 1 is 1.28 bits per heavy atom. The molecule has 0 spiro atoms. The van der Waals surface area contributed by atoms with Gasteiger partial charge in [0.25, 0.3) is 0 Å². The van der Waals surface area contributed by atoms with Crippen molar-refractivity contribution in [2.45, 2.75) is 19.6 Å². The van der Waals surface area contributed by atoms with Gasteiger partial charge in [-0.2, -0.15) is 0 Å². The molecule has 94 valence electrons. The van der Waals surface area contributed by atoms with Gasteiger partial charge in [0, 0.05) is 18.9 Å². The van der Waals surface area contributed by atoms with Crippen LogP contribution >= 0.6 is 11.6 Å². The van der Waals surface area contributed by atoms with Crippen LogP contribution in [0.2, 0.25) is 5.02 Å². The molecule has 1 unspecified atom stereocenters. The fraction of sp³-hybridized carbons (Fsp3) is 0.214. The predicted octanol–water partition coefficient (Wildman–Crippen LogP) is 3.40. The fourth-order valence-electron chi connectivity index (χ4n) is 1.63. The molecule has 2 rings (SSSR count). The molecule has 0 saturated carbocycles. The molecule has 0 fully saturated rings. The lowest BCUT2D eigenvalue weighted by atomic mass is 10.1. The van der Waals surface area contributed by atoms with Crippen LogP contribution in [0.15, 0.2) is 42.7 Å². The molecule has 0 aliphatic carbocycles. The lowest BCUT2D eigenvalue weighted by Crippen LogP contribution is -2.00. The Labute approximate surface area is 111 Å². The third-order valence-electron chi connectivity index (χ3n) is 2.72. The van der Waals surface area contributed by atoms with Gasteiger partial charge in [-0.15, -0.1) is 0 Å². The first kappa shape index (κ1) is 12.9. The highest BCUT2D eigenvalue weighted by molar-refractivity contribution is 6.33. The Morgan fingerprint density at radius 3 is 2.61 bits per heavy atom. The molecule has 1 heterocycles. The molecule has 0 saturated heterocycles. The maximum absolute atomic E-state index is 9.42. The van der Waals surface area contributed by atoms with Crippen LogP contribution in [0.5, 0.6) is 0 Å². The summed E-state index contributed by atoms with van der Waals surface area (Å²) in [5, 5.41) is 13.3. The Kier molecular flexibility index (Phi) is 4.18. The van der Waals surface area contributed by atoms with Crippen LogP contribution in [0, 0.1) is 0 Å². The van der Waals surface area contributed by atoms with Gasteiger partial charge in [-0.05, 0) is 24.1 Å². The van der Waals surface area contributed by atoms with Crippen LogP contribution in [-0.4, -0.2) is 10.1 Å². The maximum Gasteiger partial charge on any atom is 0.0820 e. The van der Waals surface area contributed by atoms with E-state index in [2.05, 4.69) is 10.3 Å². The van der Waals surface area contributed by atoms with Crippen LogP contribution in [0.4, 0.5) is 5.69 Å². The molecule has 2 aromatic rings.